The van der Waals surface area contributed by atoms with Crippen LogP contribution in [0.5, 0.6) is 5.75 Å². The van der Waals surface area contributed by atoms with Gasteiger partial charge in [-0.25, -0.2) is 14.8 Å². The van der Waals surface area contributed by atoms with E-state index in [0.717, 1.165) is 54.6 Å². The lowest BCUT2D eigenvalue weighted by Gasteiger charge is -2.21. The number of carbonyl (C=O) groups excluding carboxylic acids is 7. The Morgan fingerprint density at radius 3 is 2.21 bits per heavy atom. The first-order valence-corrected chi connectivity index (χ1v) is 33.5. The summed E-state index contributed by atoms with van der Waals surface area (Å²) in [4.78, 5) is 165. The number of alkyl halides is 1. The lowest BCUT2D eigenvalue weighted by molar-refractivity contribution is -0.144. The summed E-state index contributed by atoms with van der Waals surface area (Å²) in [5, 5.41) is 37.1. The molecule has 10 rings (SSSR count). The van der Waals surface area contributed by atoms with Gasteiger partial charge in [0.25, 0.3) is 11.5 Å². The van der Waals surface area contributed by atoms with Crippen LogP contribution in [-0.4, -0.2) is 154 Å². The zero-order chi connectivity index (χ0) is 69.0. The van der Waals surface area contributed by atoms with Crippen molar-refractivity contribution < 1.29 is 72.7 Å². The number of aliphatic carboxylic acids is 3. The van der Waals surface area contributed by atoms with E-state index in [9.17, 15) is 68.1 Å². The number of H-pyrrole nitrogens is 3. The van der Waals surface area contributed by atoms with Gasteiger partial charge in [0.1, 0.15) is 24.1 Å². The predicted molar refractivity (Wildman–Crippen MR) is 362 cm³/mol. The fraction of sp³-hybridized carbons (Fsp3) is 0.284. The Morgan fingerprint density at radius 2 is 1.46 bits per heavy atom. The molecule has 12 N–H and O–H groups in total. The van der Waals surface area contributed by atoms with Crippen molar-refractivity contribution in [2.24, 2.45) is 17.6 Å². The molecule has 5 heterocycles. The minimum absolute atomic E-state index is 0.0391. The maximum absolute atomic E-state index is 14.4. The number of nitrogens with one attached hydrogen (secondary N) is 5. The number of amides is 3. The van der Waals surface area contributed by atoms with Gasteiger partial charge >= 0.3 is 24.1 Å². The largest absolute Gasteiger partial charge is 0.513 e. The number of aryl methyl sites for hydroxylation is 2. The topological polar surface area (TPSA) is 432 Å². The normalized spacial score (nSPS) is 14.0. The average Bonchev–Trinajstić information content (AvgIpc) is 1.61. The maximum atomic E-state index is 14.4. The number of aromatic nitrogens is 6. The van der Waals surface area contributed by atoms with Gasteiger partial charge in [0.2, 0.25) is 17.8 Å². The number of anilines is 2. The first-order valence-electron chi connectivity index (χ1n) is 30.5. The van der Waals surface area contributed by atoms with Gasteiger partial charge in [0.05, 0.1) is 47.6 Å². The number of nitrogen functional groups attached to an aromatic ring is 1. The summed E-state index contributed by atoms with van der Waals surface area (Å²) >= 11 is 6.55. The molecule has 1 aliphatic rings. The molecule has 97 heavy (non-hydrogen) atoms. The van der Waals surface area contributed by atoms with Crippen LogP contribution in [0.25, 0.3) is 43.7 Å². The minimum atomic E-state index is -1.71. The molecule has 0 aliphatic carbocycles. The van der Waals surface area contributed by atoms with Crippen molar-refractivity contribution in [3.63, 3.8) is 0 Å². The van der Waals surface area contributed by atoms with Gasteiger partial charge in [-0.3, -0.25) is 52.9 Å². The molecule has 5 unspecified atom stereocenters. The van der Waals surface area contributed by atoms with E-state index < -0.39 is 103 Å². The summed E-state index contributed by atoms with van der Waals surface area (Å²) in [6.45, 7) is -0.490. The summed E-state index contributed by atoms with van der Waals surface area (Å²) in [6.07, 6.45) is -1.29. The number of ketones is 3. The Balaban J connectivity index is 0.654. The highest BCUT2D eigenvalue weighted by molar-refractivity contribution is 8.76. The van der Waals surface area contributed by atoms with Crippen molar-refractivity contribution in [3.8, 4) is 5.75 Å². The second-order valence-electron chi connectivity index (χ2n) is 23.1. The van der Waals surface area contributed by atoms with Crippen molar-refractivity contribution in [3.05, 3.63) is 165 Å². The minimum Gasteiger partial charge on any atom is -0.481 e. The Morgan fingerprint density at radius 1 is 0.753 bits per heavy atom. The smallest absolute Gasteiger partial charge is 0.481 e. The van der Waals surface area contributed by atoms with Crippen LogP contribution in [0.1, 0.15) is 91.7 Å². The fourth-order valence-electron chi connectivity index (χ4n) is 11.2. The molecule has 0 saturated carbocycles. The molecular formula is C67H64ClN11O16S2. The highest BCUT2D eigenvalue weighted by atomic mass is 35.5. The van der Waals surface area contributed by atoms with Crippen LogP contribution in [-0.2, 0) is 52.8 Å². The molecule has 9 aromatic rings. The fourth-order valence-corrected chi connectivity index (χ4v) is 13.6. The quantitative estimate of drug-likeness (QED) is 0.00493. The molecule has 5 aromatic carbocycles. The highest BCUT2D eigenvalue weighted by Crippen LogP contribution is 2.46. The summed E-state index contributed by atoms with van der Waals surface area (Å²) < 4.78 is 11.2. The number of hydrogen-bond donors (Lipinski definition) is 10. The molecule has 4 aromatic heterocycles. The second kappa shape index (κ2) is 31.4. The van der Waals surface area contributed by atoms with E-state index in [-0.39, 0.29) is 102 Å². The van der Waals surface area contributed by atoms with Gasteiger partial charge in [0, 0.05) is 101 Å². The van der Waals surface area contributed by atoms with Gasteiger partial charge < -0.3 is 61.8 Å². The number of nitrogens with zero attached hydrogens (tertiary/aromatic N) is 4. The second-order valence-corrected chi connectivity index (χ2v) is 26.0. The number of rotatable bonds is 32. The Hall–Kier alpha value is -10.5. The van der Waals surface area contributed by atoms with E-state index in [1.165, 1.54) is 6.20 Å². The Labute approximate surface area is 563 Å². The number of halogens is 1. The molecule has 502 valence electrons. The van der Waals surface area contributed by atoms with E-state index in [1.54, 1.807) is 53.4 Å². The molecule has 5 atom stereocenters. The number of aromatic amines is 3. The van der Waals surface area contributed by atoms with E-state index in [1.807, 2.05) is 60.7 Å². The third kappa shape index (κ3) is 17.3. The number of hydrogen-bond acceptors (Lipinski definition) is 20. The van der Waals surface area contributed by atoms with Crippen LogP contribution < -0.4 is 37.3 Å². The number of ether oxygens (including phenoxy) is 2. The summed E-state index contributed by atoms with van der Waals surface area (Å²) in [6, 6.07) is 28.7. The monoisotopic (exact) mass is 1380 g/mol. The van der Waals surface area contributed by atoms with Gasteiger partial charge in [-0.1, -0.05) is 94.4 Å². The van der Waals surface area contributed by atoms with Gasteiger partial charge in [-0.2, -0.15) is 4.98 Å². The number of nitrogens with two attached hydrogens (primary N) is 2. The van der Waals surface area contributed by atoms with E-state index in [0.29, 0.717) is 46.2 Å². The number of benzene rings is 5. The number of Topliss-reactive ketones (excluding diaryl/α,β-unsaturated/α-hetero) is 3. The third-order valence-electron chi connectivity index (χ3n) is 16.3. The summed E-state index contributed by atoms with van der Waals surface area (Å²) in [5.41, 5.74) is 17.1. The Kier molecular flexibility index (Phi) is 22.4. The number of carboxylic acid groups (broad SMARTS) is 3. The van der Waals surface area contributed by atoms with Crippen LogP contribution in [0.3, 0.4) is 0 Å². The number of carboxylic acids is 3. The molecule has 0 saturated heterocycles. The lowest BCUT2D eigenvalue weighted by atomic mass is 9.93. The van der Waals surface area contributed by atoms with Crippen molar-refractivity contribution >= 4 is 148 Å². The third-order valence-corrected chi connectivity index (χ3v) is 19.1. The zero-order valence-electron chi connectivity index (χ0n) is 51.5. The summed E-state index contributed by atoms with van der Waals surface area (Å²) in [7, 11) is 2.15. The van der Waals surface area contributed by atoms with Crippen molar-refractivity contribution in [1.82, 2.24) is 40.5 Å². The summed E-state index contributed by atoms with van der Waals surface area (Å²) in [5.74, 6) is -10.6. The van der Waals surface area contributed by atoms with E-state index in [2.05, 4.69) is 40.5 Å². The average molecular weight is 1380 g/mol. The van der Waals surface area contributed by atoms with Crippen LogP contribution in [0, 0.1) is 11.8 Å². The molecule has 0 bridgehead atoms. The molecular weight excluding hydrogens is 1310 g/mol. The van der Waals surface area contributed by atoms with Gasteiger partial charge in [-0.05, 0) is 71.7 Å². The Bertz CT molecular complexity index is 4590. The first kappa shape index (κ1) is 69.3. The molecule has 3 amide bonds. The molecule has 0 fully saturated rings. The number of fused-ring (bicyclic) bond motifs is 6. The van der Waals surface area contributed by atoms with Crippen molar-refractivity contribution in [2.75, 3.05) is 47.7 Å². The van der Waals surface area contributed by atoms with E-state index in [4.69, 9.17) is 32.5 Å². The lowest BCUT2D eigenvalue weighted by Crippen LogP contribution is -2.53. The van der Waals surface area contributed by atoms with Crippen LogP contribution in [0.2, 0.25) is 0 Å². The van der Waals surface area contributed by atoms with Gasteiger partial charge in [-0.15, -0.1) is 11.6 Å². The van der Waals surface area contributed by atoms with Crippen molar-refractivity contribution in [1.29, 1.82) is 0 Å². The standard InChI is InChI=1S/C67H64ClN11O16S2/c68-29-41-32-79(63(88)50-24-39-21-35(12-17-47(39)75-50)22-53(81)48-23-37-5-1-4-8-46(37)74-48)51-28-55(43-6-2-3-7-44(43)58(41)51)95-67(93)94-19-20-96-97-33-40(65(91)92)26-54(82)49(27-57(84)85)76-61(86)45(69)31-71-56(83)18-15-38(64(89)90)25-52(80)36-13-9-34(10-14-36)11-16-42-30-72-60-59(73-42)62(87)78-66(70)77-60/h1-10,12-14,17,21,23-24,28,30,38,40-41,45,49,74-75H,11,15-16,18-20,22,25-27,29,31-33,69H2,(H,71,83)(H,76,86)(H,84,85)(H,89,90)(H,91,92)(H3,70,72,77,78,87). The maximum Gasteiger partial charge on any atom is 0.513 e. The molecule has 0 spiro atoms. The number of para-hydroxylation sites is 1. The first-order chi connectivity index (χ1) is 46.6. The van der Waals surface area contributed by atoms with Crippen LogP contribution in [0.4, 0.5) is 16.4 Å². The molecule has 1 aliphatic heterocycles. The van der Waals surface area contributed by atoms with Gasteiger partial charge in [0.15, 0.2) is 28.5 Å². The molecule has 30 heteroatoms. The molecule has 27 nitrogen and oxygen atoms in total. The number of carbonyl (C=O) groups is 10. The SMILES string of the molecule is Nc1nc2ncc(CCc3ccc(C(=O)CC(CCC(=O)NCC(N)C(=O)NC(CC(=O)O)C(=O)CC(CSSCCOC(=O)Oc4cc5c(c6ccccc46)C(CCl)CN5C(=O)c4cc5cc(CC(=O)c6cc7ccccc7[nH]6)ccc5[nH]4)C(=O)O)C(=O)O)cc3)nc2c(=O)[nH]1. The molecule has 0 radical (unpaired) electrons. The van der Waals surface area contributed by atoms with Crippen LogP contribution >= 0.6 is 33.2 Å². The van der Waals surface area contributed by atoms with Crippen LogP contribution in [0.15, 0.2) is 120 Å². The predicted octanol–water partition coefficient (Wildman–Crippen LogP) is 7.32. The zero-order valence-corrected chi connectivity index (χ0v) is 53.9. The van der Waals surface area contributed by atoms with E-state index >= 15 is 0 Å². The highest BCUT2D eigenvalue weighted by Gasteiger charge is 2.37. The van der Waals surface area contributed by atoms with Crippen molar-refractivity contribution in [2.45, 2.75) is 69.4 Å².